The molecule has 0 aromatic heterocycles. The number of nitrogens with zero attached hydrogens (tertiary/aromatic N) is 2. The Hall–Kier alpha value is -2.96. The number of amides is 2. The van der Waals surface area contributed by atoms with E-state index in [9.17, 15) is 31.5 Å². The van der Waals surface area contributed by atoms with Gasteiger partial charge in [-0.1, -0.05) is 17.7 Å². The van der Waals surface area contributed by atoms with Crippen LogP contribution in [0.4, 0.5) is 33.3 Å². The fourth-order valence-corrected chi connectivity index (χ4v) is 4.75. The molecule has 13 heteroatoms. The summed E-state index contributed by atoms with van der Waals surface area (Å²) >= 11 is 6.18. The molecule has 2 aliphatic heterocycles. The smallest absolute Gasteiger partial charge is 0.367 e. The number of hydrogen-bond donors (Lipinski definition) is 3. The van der Waals surface area contributed by atoms with Gasteiger partial charge in [-0.05, 0) is 31.2 Å². The monoisotopic (exact) mass is 573 g/mol. The lowest BCUT2D eigenvalue weighted by Gasteiger charge is -2.41. The standard InChI is InChI=1S/C26H29ClF5N5O2/c1-15-14-37(9-8-36(15)7-6-26(30,31)32)21-10-18(27)3-5-20(21)35-25(39)19-4-2-16(22(28)23(19)29)13-34-24(38)17-11-33-12-17/h2-5,10,15,17,33H,6-9,11-14H2,1H3,(H,34,38)(H,35,39)/t15-/m1/s1. The molecule has 2 aromatic carbocycles. The van der Waals surface area contributed by atoms with Gasteiger partial charge in [-0.2, -0.15) is 13.2 Å². The van der Waals surface area contributed by atoms with Gasteiger partial charge >= 0.3 is 6.18 Å². The Bertz CT molecular complexity index is 1220. The number of carbonyl (C=O) groups excluding carboxylic acids is 2. The highest BCUT2D eigenvalue weighted by atomic mass is 35.5. The summed E-state index contributed by atoms with van der Waals surface area (Å²) in [6, 6.07) is 6.86. The summed E-state index contributed by atoms with van der Waals surface area (Å²) in [4.78, 5) is 28.6. The Morgan fingerprint density at radius 3 is 2.49 bits per heavy atom. The second-order valence-electron chi connectivity index (χ2n) is 9.78. The Kier molecular flexibility index (Phi) is 8.97. The average molecular weight is 574 g/mol. The number of hydrogen-bond acceptors (Lipinski definition) is 5. The van der Waals surface area contributed by atoms with Gasteiger partial charge in [-0.25, -0.2) is 8.78 Å². The highest BCUT2D eigenvalue weighted by Gasteiger charge is 2.32. The molecule has 39 heavy (non-hydrogen) atoms. The normalized spacial score (nSPS) is 18.5. The third-order valence-electron chi connectivity index (χ3n) is 7.01. The predicted molar refractivity (Wildman–Crippen MR) is 138 cm³/mol. The van der Waals surface area contributed by atoms with Gasteiger partial charge in [-0.3, -0.25) is 14.5 Å². The quantitative estimate of drug-likeness (QED) is 0.414. The van der Waals surface area contributed by atoms with Crippen molar-refractivity contribution in [2.75, 3.05) is 49.5 Å². The fraction of sp³-hybridized carbons (Fsp3) is 0.462. The maximum atomic E-state index is 14.9. The van der Waals surface area contributed by atoms with Gasteiger partial charge in [0.05, 0.1) is 29.3 Å². The van der Waals surface area contributed by atoms with E-state index in [1.165, 1.54) is 18.2 Å². The molecular formula is C26H29ClF5N5O2. The molecule has 0 spiro atoms. The van der Waals surface area contributed by atoms with E-state index in [4.69, 9.17) is 11.6 Å². The van der Waals surface area contributed by atoms with Crippen LogP contribution in [0.3, 0.4) is 0 Å². The number of carbonyl (C=O) groups is 2. The van der Waals surface area contributed by atoms with E-state index in [1.54, 1.807) is 11.0 Å². The maximum Gasteiger partial charge on any atom is 0.390 e. The van der Waals surface area contributed by atoms with E-state index in [1.807, 2.05) is 11.8 Å². The molecule has 3 N–H and O–H groups in total. The molecule has 0 aliphatic carbocycles. The number of rotatable bonds is 8. The molecule has 2 aromatic rings. The summed E-state index contributed by atoms with van der Waals surface area (Å²) in [5, 5.41) is 8.50. The second kappa shape index (κ2) is 12.1. The Morgan fingerprint density at radius 1 is 1.10 bits per heavy atom. The van der Waals surface area contributed by atoms with Crippen LogP contribution in [0.25, 0.3) is 0 Å². The van der Waals surface area contributed by atoms with Crippen LogP contribution in [-0.2, 0) is 11.3 Å². The zero-order chi connectivity index (χ0) is 28.3. The topological polar surface area (TPSA) is 76.7 Å². The Labute approximate surface area is 227 Å². The SMILES string of the molecule is C[C@@H]1CN(c2cc(Cl)ccc2NC(=O)c2ccc(CNC(=O)C3CNC3)c(F)c2F)CCN1CCC(F)(F)F. The Morgan fingerprint density at radius 2 is 1.85 bits per heavy atom. The van der Waals surface area contributed by atoms with Gasteiger partial charge in [0, 0.05) is 62.4 Å². The Balaban J connectivity index is 1.44. The van der Waals surface area contributed by atoms with E-state index in [0.717, 1.165) is 6.07 Å². The van der Waals surface area contributed by atoms with Gasteiger partial charge in [0.2, 0.25) is 5.91 Å². The molecule has 2 fully saturated rings. The van der Waals surface area contributed by atoms with Crippen molar-refractivity contribution in [3.8, 4) is 0 Å². The number of anilines is 2. The number of halogens is 6. The number of benzene rings is 2. The van der Waals surface area contributed by atoms with Crippen LogP contribution in [0.5, 0.6) is 0 Å². The average Bonchev–Trinajstić information content (AvgIpc) is 2.83. The zero-order valence-corrected chi connectivity index (χ0v) is 21.9. The van der Waals surface area contributed by atoms with Crippen molar-refractivity contribution in [3.63, 3.8) is 0 Å². The van der Waals surface area contributed by atoms with Crippen LogP contribution in [0.15, 0.2) is 30.3 Å². The van der Waals surface area contributed by atoms with Gasteiger partial charge in [0.15, 0.2) is 11.6 Å². The van der Waals surface area contributed by atoms with Crippen LogP contribution in [0.1, 0.15) is 29.3 Å². The highest BCUT2D eigenvalue weighted by molar-refractivity contribution is 6.31. The molecule has 2 saturated heterocycles. The first-order valence-electron chi connectivity index (χ1n) is 12.5. The van der Waals surface area contributed by atoms with Crippen molar-refractivity contribution in [1.82, 2.24) is 15.5 Å². The third kappa shape index (κ3) is 7.17. The van der Waals surface area contributed by atoms with E-state index >= 15 is 0 Å². The molecule has 7 nitrogen and oxygen atoms in total. The van der Waals surface area contributed by atoms with Crippen molar-refractivity contribution in [2.24, 2.45) is 5.92 Å². The van der Waals surface area contributed by atoms with Crippen molar-refractivity contribution < 1.29 is 31.5 Å². The lowest BCUT2D eigenvalue weighted by Crippen LogP contribution is -2.52. The van der Waals surface area contributed by atoms with Gasteiger partial charge in [0.25, 0.3) is 5.91 Å². The van der Waals surface area contributed by atoms with Crippen molar-refractivity contribution >= 4 is 34.8 Å². The van der Waals surface area contributed by atoms with Crippen molar-refractivity contribution in [3.05, 3.63) is 58.1 Å². The number of alkyl halides is 3. The highest BCUT2D eigenvalue weighted by Crippen LogP contribution is 2.32. The molecule has 2 amide bonds. The minimum absolute atomic E-state index is 0.0887. The van der Waals surface area contributed by atoms with E-state index in [0.29, 0.717) is 49.1 Å². The minimum Gasteiger partial charge on any atom is -0.367 e. The molecular weight excluding hydrogens is 545 g/mol. The molecule has 0 bridgehead atoms. The molecule has 2 heterocycles. The van der Waals surface area contributed by atoms with Gasteiger partial charge in [-0.15, -0.1) is 0 Å². The van der Waals surface area contributed by atoms with Crippen molar-refractivity contribution in [1.29, 1.82) is 0 Å². The summed E-state index contributed by atoms with van der Waals surface area (Å²) < 4.78 is 67.6. The predicted octanol–water partition coefficient (Wildman–Crippen LogP) is 4.17. The second-order valence-corrected chi connectivity index (χ2v) is 10.2. The fourth-order valence-electron chi connectivity index (χ4n) is 4.58. The van der Waals surface area contributed by atoms with Crippen LogP contribution in [0.2, 0.25) is 5.02 Å². The number of nitrogens with one attached hydrogen (secondary N) is 3. The summed E-state index contributed by atoms with van der Waals surface area (Å²) in [5.41, 5.74) is 0.209. The lowest BCUT2D eigenvalue weighted by molar-refractivity contribution is -0.139. The third-order valence-corrected chi connectivity index (χ3v) is 7.24. The van der Waals surface area contributed by atoms with Crippen LogP contribution in [-0.4, -0.2) is 68.2 Å². The lowest BCUT2D eigenvalue weighted by atomic mass is 10.0. The molecule has 212 valence electrons. The van der Waals surface area contributed by atoms with Crippen LogP contribution < -0.4 is 20.9 Å². The van der Waals surface area contributed by atoms with Gasteiger partial charge in [0.1, 0.15) is 0 Å². The summed E-state index contributed by atoms with van der Waals surface area (Å²) in [6.45, 7) is 3.67. The summed E-state index contributed by atoms with van der Waals surface area (Å²) in [7, 11) is 0. The molecule has 0 radical (unpaired) electrons. The zero-order valence-electron chi connectivity index (χ0n) is 21.2. The first-order valence-corrected chi connectivity index (χ1v) is 12.9. The first kappa shape index (κ1) is 29.0. The van der Waals surface area contributed by atoms with E-state index in [-0.39, 0.29) is 36.5 Å². The number of piperazine rings is 1. The van der Waals surface area contributed by atoms with Gasteiger partial charge < -0.3 is 20.9 Å². The molecule has 0 saturated carbocycles. The maximum absolute atomic E-state index is 14.9. The van der Waals surface area contributed by atoms with Crippen LogP contribution >= 0.6 is 11.6 Å². The molecule has 4 rings (SSSR count). The van der Waals surface area contributed by atoms with E-state index < -0.39 is 35.7 Å². The molecule has 1 atom stereocenters. The largest absolute Gasteiger partial charge is 0.390 e. The van der Waals surface area contributed by atoms with Crippen molar-refractivity contribution in [2.45, 2.75) is 32.1 Å². The first-order chi connectivity index (χ1) is 18.4. The summed E-state index contributed by atoms with van der Waals surface area (Å²) in [6.07, 6.45) is -5.14. The van der Waals surface area contributed by atoms with E-state index in [2.05, 4.69) is 16.0 Å². The molecule has 2 aliphatic rings. The summed E-state index contributed by atoms with van der Waals surface area (Å²) in [5.74, 6) is -3.92. The minimum atomic E-state index is -4.24. The van der Waals surface area contributed by atoms with Crippen LogP contribution in [0, 0.1) is 17.6 Å². The molecule has 0 unspecified atom stereocenters.